The number of urea groups is 1. The van der Waals surface area contributed by atoms with E-state index < -0.39 is 6.03 Å². The molecule has 3 rings (SSSR count). The van der Waals surface area contributed by atoms with Crippen LogP contribution >= 0.6 is 11.3 Å². The molecule has 0 aliphatic carbocycles. The molecule has 0 unspecified atom stereocenters. The van der Waals surface area contributed by atoms with Gasteiger partial charge in [0.05, 0.1) is 12.6 Å². The number of hydrogen-bond acceptors (Lipinski definition) is 7. The Labute approximate surface area is 177 Å². The Balaban J connectivity index is 1.45. The van der Waals surface area contributed by atoms with E-state index in [1.54, 1.807) is 18.3 Å². The largest absolute Gasteiger partial charge is 0.378 e. The highest BCUT2D eigenvalue weighted by Gasteiger charge is 2.11. The van der Waals surface area contributed by atoms with Crippen molar-refractivity contribution in [2.45, 2.75) is 6.42 Å². The molecule has 0 bridgehead atoms. The fourth-order valence-corrected chi connectivity index (χ4v) is 3.10. The molecule has 3 amide bonds. The van der Waals surface area contributed by atoms with Crippen molar-refractivity contribution < 1.29 is 9.59 Å². The second-order valence-electron chi connectivity index (χ2n) is 6.40. The number of para-hydroxylation sites is 1. The van der Waals surface area contributed by atoms with Crippen molar-refractivity contribution in [3.05, 3.63) is 65.2 Å². The van der Waals surface area contributed by atoms with Gasteiger partial charge < -0.3 is 10.2 Å². The maximum atomic E-state index is 12.0. The molecule has 0 atom stereocenters. The molecule has 154 valence electrons. The zero-order chi connectivity index (χ0) is 21.3. The van der Waals surface area contributed by atoms with E-state index in [1.165, 1.54) is 0 Å². The van der Waals surface area contributed by atoms with Gasteiger partial charge in [-0.2, -0.15) is 5.10 Å². The molecule has 0 saturated heterocycles. The molecule has 0 aliphatic rings. The van der Waals surface area contributed by atoms with E-state index in [-0.39, 0.29) is 12.3 Å². The summed E-state index contributed by atoms with van der Waals surface area (Å²) in [5.74, 6) is -0.326. The van der Waals surface area contributed by atoms with Crippen molar-refractivity contribution in [3.8, 4) is 0 Å². The number of carbonyl (C=O) groups excluding carboxylic acids is 2. The summed E-state index contributed by atoms with van der Waals surface area (Å²) in [5, 5.41) is 17.8. The zero-order valence-corrected chi connectivity index (χ0v) is 17.3. The van der Waals surface area contributed by atoms with Gasteiger partial charge in [0, 0.05) is 25.5 Å². The number of carbonyl (C=O) groups is 2. The molecule has 0 radical (unpaired) electrons. The van der Waals surface area contributed by atoms with Crippen molar-refractivity contribution in [2.24, 2.45) is 5.10 Å². The second-order valence-corrected chi connectivity index (χ2v) is 7.46. The van der Waals surface area contributed by atoms with Crippen molar-refractivity contribution >= 4 is 46.0 Å². The summed E-state index contributed by atoms with van der Waals surface area (Å²) < 4.78 is 0. The van der Waals surface area contributed by atoms with Gasteiger partial charge in [0.25, 0.3) is 0 Å². The van der Waals surface area contributed by atoms with E-state index >= 15 is 0 Å². The maximum absolute atomic E-state index is 12.0. The van der Waals surface area contributed by atoms with E-state index in [2.05, 4.69) is 31.4 Å². The van der Waals surface area contributed by atoms with Crippen LogP contribution in [-0.2, 0) is 11.2 Å². The van der Waals surface area contributed by atoms with Crippen LogP contribution in [0.2, 0.25) is 0 Å². The zero-order valence-electron chi connectivity index (χ0n) is 16.5. The fraction of sp³-hybridized carbons (Fsp3) is 0.150. The smallest absolute Gasteiger partial charge is 0.325 e. The van der Waals surface area contributed by atoms with E-state index in [1.807, 2.05) is 61.5 Å². The highest BCUT2D eigenvalue weighted by Crippen LogP contribution is 2.16. The van der Waals surface area contributed by atoms with Crippen LogP contribution in [0.5, 0.6) is 0 Å². The average Bonchev–Trinajstić information content (AvgIpc) is 3.15. The summed E-state index contributed by atoms with van der Waals surface area (Å²) in [5.41, 5.74) is 5.07. The molecule has 1 heterocycles. The number of hydrogen-bond donors (Lipinski definition) is 3. The van der Waals surface area contributed by atoms with Crippen molar-refractivity contribution in [2.75, 3.05) is 29.6 Å². The third kappa shape index (κ3) is 6.38. The van der Waals surface area contributed by atoms with Gasteiger partial charge in [0.1, 0.15) is 5.01 Å². The Bertz CT molecular complexity index is 1020. The van der Waals surface area contributed by atoms with Gasteiger partial charge in [0.15, 0.2) is 0 Å². The van der Waals surface area contributed by atoms with Gasteiger partial charge in [-0.1, -0.05) is 41.7 Å². The minimum Gasteiger partial charge on any atom is -0.378 e. The lowest BCUT2D eigenvalue weighted by Crippen LogP contribution is -2.19. The van der Waals surface area contributed by atoms with Crippen LogP contribution in [0.1, 0.15) is 10.6 Å². The molecule has 0 saturated carbocycles. The molecule has 9 nitrogen and oxygen atoms in total. The number of aromatic nitrogens is 2. The molecule has 30 heavy (non-hydrogen) atoms. The molecular formula is C20H21N7O2S. The maximum Gasteiger partial charge on any atom is 0.325 e. The van der Waals surface area contributed by atoms with Crippen LogP contribution in [0, 0.1) is 0 Å². The predicted molar refractivity (Wildman–Crippen MR) is 119 cm³/mol. The van der Waals surface area contributed by atoms with Gasteiger partial charge in [-0.3, -0.25) is 10.1 Å². The predicted octanol–water partition coefficient (Wildman–Crippen LogP) is 2.94. The Morgan fingerprint density at radius 3 is 2.47 bits per heavy atom. The van der Waals surface area contributed by atoms with Gasteiger partial charge in [-0.25, -0.2) is 10.2 Å². The molecule has 1 aromatic heterocycles. The van der Waals surface area contributed by atoms with Crippen molar-refractivity contribution in [1.29, 1.82) is 0 Å². The van der Waals surface area contributed by atoms with Crippen LogP contribution in [0.3, 0.4) is 0 Å². The molecule has 0 aliphatic heterocycles. The van der Waals surface area contributed by atoms with E-state index in [4.69, 9.17) is 0 Å². The topological polar surface area (TPSA) is 112 Å². The highest BCUT2D eigenvalue weighted by atomic mass is 32.1. The normalized spacial score (nSPS) is 10.6. The quantitative estimate of drug-likeness (QED) is 0.400. The minimum atomic E-state index is -0.432. The SMILES string of the molecule is CN(C)c1ccc(/C=N/NC(=O)Cc2nnc(NC(=O)Nc3ccccc3)s2)cc1. The first-order valence-corrected chi connectivity index (χ1v) is 9.86. The van der Waals surface area contributed by atoms with E-state index in [9.17, 15) is 9.59 Å². The summed E-state index contributed by atoms with van der Waals surface area (Å²) in [4.78, 5) is 26.0. The number of nitrogens with one attached hydrogen (secondary N) is 3. The summed E-state index contributed by atoms with van der Waals surface area (Å²) in [6.07, 6.45) is 1.58. The minimum absolute atomic E-state index is 0.0105. The summed E-state index contributed by atoms with van der Waals surface area (Å²) in [7, 11) is 3.93. The third-order valence-electron chi connectivity index (χ3n) is 3.84. The molecule has 10 heteroatoms. The first-order chi connectivity index (χ1) is 14.5. The first kappa shape index (κ1) is 20.9. The number of nitrogens with zero attached hydrogens (tertiary/aromatic N) is 4. The van der Waals surface area contributed by atoms with E-state index in [0.29, 0.717) is 15.8 Å². The summed E-state index contributed by atoms with van der Waals surface area (Å²) in [6, 6.07) is 16.4. The lowest BCUT2D eigenvalue weighted by Gasteiger charge is -2.11. The number of amides is 3. The van der Waals surface area contributed by atoms with Crippen molar-refractivity contribution in [3.63, 3.8) is 0 Å². The lowest BCUT2D eigenvalue weighted by atomic mass is 10.2. The standard InChI is InChI=1S/C20H21N7O2S/c1-27(2)16-10-8-14(9-11-16)13-21-24-17(28)12-18-25-26-20(30-18)23-19(29)22-15-6-4-3-5-7-15/h3-11,13H,12H2,1-2H3,(H,24,28)(H2,22,23,26,29)/b21-13+. The first-order valence-electron chi connectivity index (χ1n) is 9.04. The average molecular weight is 424 g/mol. The van der Waals surface area contributed by atoms with Crippen LogP contribution in [-0.4, -0.2) is 42.4 Å². The Hall–Kier alpha value is -3.79. The molecule has 2 aromatic carbocycles. The van der Waals surface area contributed by atoms with Crippen LogP contribution in [0.25, 0.3) is 0 Å². The second kappa shape index (κ2) is 10.1. The summed E-state index contributed by atoms with van der Waals surface area (Å²) >= 11 is 1.12. The Morgan fingerprint density at radius 2 is 1.77 bits per heavy atom. The molecule has 3 aromatic rings. The highest BCUT2D eigenvalue weighted by molar-refractivity contribution is 7.15. The van der Waals surface area contributed by atoms with Gasteiger partial charge in [0.2, 0.25) is 11.0 Å². The van der Waals surface area contributed by atoms with Crippen LogP contribution in [0.15, 0.2) is 59.7 Å². The Morgan fingerprint density at radius 1 is 1.03 bits per heavy atom. The van der Waals surface area contributed by atoms with Crippen molar-refractivity contribution in [1.82, 2.24) is 15.6 Å². The number of anilines is 3. The number of benzene rings is 2. The molecule has 0 spiro atoms. The molecule has 3 N–H and O–H groups in total. The lowest BCUT2D eigenvalue weighted by molar-refractivity contribution is -0.120. The molecule has 0 fully saturated rings. The third-order valence-corrected chi connectivity index (χ3v) is 4.68. The van der Waals surface area contributed by atoms with Crippen LogP contribution in [0.4, 0.5) is 21.3 Å². The van der Waals surface area contributed by atoms with Crippen LogP contribution < -0.4 is 21.0 Å². The fourth-order valence-electron chi connectivity index (χ4n) is 2.37. The van der Waals surface area contributed by atoms with Gasteiger partial charge in [-0.05, 0) is 29.8 Å². The monoisotopic (exact) mass is 423 g/mol. The molecular weight excluding hydrogens is 402 g/mol. The number of hydrazone groups is 1. The Kier molecular flexibility index (Phi) is 7.06. The van der Waals surface area contributed by atoms with Gasteiger partial charge in [-0.15, -0.1) is 10.2 Å². The summed E-state index contributed by atoms with van der Waals surface area (Å²) in [6.45, 7) is 0. The van der Waals surface area contributed by atoms with E-state index in [0.717, 1.165) is 22.6 Å². The number of rotatable bonds is 7. The van der Waals surface area contributed by atoms with Gasteiger partial charge >= 0.3 is 6.03 Å².